The number of pyridine rings is 1. The summed E-state index contributed by atoms with van der Waals surface area (Å²) in [6.45, 7) is 5.88. The fraction of sp³-hybridized carbons (Fsp3) is 0.429. The third-order valence-electron chi connectivity index (χ3n) is 5.09. The van der Waals surface area contributed by atoms with Crippen LogP contribution in [0.2, 0.25) is 0 Å². The van der Waals surface area contributed by atoms with Crippen LogP contribution in [0.4, 0.5) is 0 Å². The Morgan fingerprint density at radius 3 is 2.48 bits per heavy atom. The number of carboxylic acids is 1. The maximum absolute atomic E-state index is 11.5. The van der Waals surface area contributed by atoms with Crippen LogP contribution < -0.4 is 0 Å². The monoisotopic (exact) mass is 338 g/mol. The SMILES string of the molecule is CC(C)c1ccc(C(c2cccnc2)N2CCCC(C(=O)O)C2)cc1. The number of aromatic nitrogens is 1. The molecule has 4 heteroatoms. The van der Waals surface area contributed by atoms with E-state index in [2.05, 4.69) is 54.1 Å². The number of rotatable bonds is 5. The van der Waals surface area contributed by atoms with Gasteiger partial charge in [-0.25, -0.2) is 0 Å². The summed E-state index contributed by atoms with van der Waals surface area (Å²) in [6.07, 6.45) is 5.35. The molecule has 1 aliphatic rings. The molecule has 4 nitrogen and oxygen atoms in total. The minimum Gasteiger partial charge on any atom is -0.481 e. The molecule has 1 saturated heterocycles. The number of likely N-dealkylation sites (tertiary alicyclic amines) is 1. The highest BCUT2D eigenvalue weighted by molar-refractivity contribution is 5.70. The summed E-state index contributed by atoms with van der Waals surface area (Å²) in [5, 5.41) is 9.44. The van der Waals surface area contributed by atoms with E-state index in [1.165, 1.54) is 11.1 Å². The zero-order chi connectivity index (χ0) is 17.8. The van der Waals surface area contributed by atoms with Crippen molar-refractivity contribution in [1.82, 2.24) is 9.88 Å². The Labute approximate surface area is 149 Å². The van der Waals surface area contributed by atoms with Gasteiger partial charge in [0, 0.05) is 18.9 Å². The number of carboxylic acid groups (broad SMARTS) is 1. The van der Waals surface area contributed by atoms with Crippen molar-refractivity contribution < 1.29 is 9.90 Å². The van der Waals surface area contributed by atoms with Crippen LogP contribution in [-0.2, 0) is 4.79 Å². The van der Waals surface area contributed by atoms with Crippen molar-refractivity contribution in [3.05, 3.63) is 65.5 Å². The lowest BCUT2D eigenvalue weighted by atomic mass is 9.91. The molecule has 2 unspecified atom stereocenters. The highest BCUT2D eigenvalue weighted by Gasteiger charge is 2.31. The van der Waals surface area contributed by atoms with Crippen LogP contribution >= 0.6 is 0 Å². The summed E-state index contributed by atoms with van der Waals surface area (Å²) in [4.78, 5) is 18.1. The van der Waals surface area contributed by atoms with Gasteiger partial charge < -0.3 is 5.11 Å². The molecule has 0 radical (unpaired) electrons. The molecule has 0 saturated carbocycles. The van der Waals surface area contributed by atoms with Crippen molar-refractivity contribution in [2.24, 2.45) is 5.92 Å². The number of carbonyl (C=O) groups is 1. The summed E-state index contributed by atoms with van der Waals surface area (Å²) in [6, 6.07) is 12.8. The molecule has 0 bridgehead atoms. The molecule has 132 valence electrons. The Hall–Kier alpha value is -2.20. The summed E-state index contributed by atoms with van der Waals surface area (Å²) >= 11 is 0. The Bertz CT molecular complexity index is 698. The summed E-state index contributed by atoms with van der Waals surface area (Å²) in [5.74, 6) is -0.482. The molecule has 1 N–H and O–H groups in total. The van der Waals surface area contributed by atoms with Crippen LogP contribution in [0.25, 0.3) is 0 Å². The van der Waals surface area contributed by atoms with Crippen molar-refractivity contribution in [2.45, 2.75) is 38.6 Å². The van der Waals surface area contributed by atoms with Crippen molar-refractivity contribution in [1.29, 1.82) is 0 Å². The van der Waals surface area contributed by atoms with E-state index in [1.54, 1.807) is 6.20 Å². The average Bonchev–Trinajstić information content (AvgIpc) is 2.63. The molecule has 1 aromatic carbocycles. The number of aliphatic carboxylic acids is 1. The van der Waals surface area contributed by atoms with Gasteiger partial charge in [-0.3, -0.25) is 14.7 Å². The highest BCUT2D eigenvalue weighted by Crippen LogP contribution is 2.33. The molecular weight excluding hydrogens is 312 g/mol. The minimum atomic E-state index is -0.690. The van der Waals surface area contributed by atoms with Gasteiger partial charge in [0.2, 0.25) is 0 Å². The fourth-order valence-corrected chi connectivity index (χ4v) is 3.66. The lowest BCUT2D eigenvalue weighted by Crippen LogP contribution is -2.41. The van der Waals surface area contributed by atoms with Crippen LogP contribution in [-0.4, -0.2) is 34.0 Å². The molecule has 0 aliphatic carbocycles. The molecule has 25 heavy (non-hydrogen) atoms. The van der Waals surface area contributed by atoms with Gasteiger partial charge in [0.1, 0.15) is 0 Å². The quantitative estimate of drug-likeness (QED) is 0.892. The Morgan fingerprint density at radius 1 is 1.16 bits per heavy atom. The van der Waals surface area contributed by atoms with Crippen molar-refractivity contribution in [2.75, 3.05) is 13.1 Å². The zero-order valence-corrected chi connectivity index (χ0v) is 14.9. The molecule has 1 aromatic heterocycles. The van der Waals surface area contributed by atoms with E-state index in [1.807, 2.05) is 12.3 Å². The summed E-state index contributed by atoms with van der Waals surface area (Å²) in [5.41, 5.74) is 3.63. The van der Waals surface area contributed by atoms with Crippen LogP contribution in [0.15, 0.2) is 48.8 Å². The van der Waals surface area contributed by atoms with Crippen molar-refractivity contribution in [3.63, 3.8) is 0 Å². The van der Waals surface area contributed by atoms with Gasteiger partial charge in [0.05, 0.1) is 12.0 Å². The Morgan fingerprint density at radius 2 is 1.88 bits per heavy atom. The van der Waals surface area contributed by atoms with Gasteiger partial charge in [-0.15, -0.1) is 0 Å². The zero-order valence-electron chi connectivity index (χ0n) is 14.9. The predicted molar refractivity (Wildman–Crippen MR) is 98.5 cm³/mol. The highest BCUT2D eigenvalue weighted by atomic mass is 16.4. The van der Waals surface area contributed by atoms with E-state index in [0.29, 0.717) is 12.5 Å². The molecule has 1 fully saturated rings. The maximum atomic E-state index is 11.5. The third kappa shape index (κ3) is 4.07. The largest absolute Gasteiger partial charge is 0.481 e. The van der Waals surface area contributed by atoms with E-state index >= 15 is 0 Å². The fourth-order valence-electron chi connectivity index (χ4n) is 3.66. The molecule has 0 amide bonds. The van der Waals surface area contributed by atoms with Crippen LogP contribution in [0.5, 0.6) is 0 Å². The van der Waals surface area contributed by atoms with Gasteiger partial charge >= 0.3 is 5.97 Å². The summed E-state index contributed by atoms with van der Waals surface area (Å²) < 4.78 is 0. The minimum absolute atomic E-state index is 0.0528. The second-order valence-corrected chi connectivity index (χ2v) is 7.18. The van der Waals surface area contributed by atoms with E-state index in [-0.39, 0.29) is 12.0 Å². The number of benzene rings is 1. The first-order valence-corrected chi connectivity index (χ1v) is 9.03. The maximum Gasteiger partial charge on any atom is 0.307 e. The van der Waals surface area contributed by atoms with Crippen molar-refractivity contribution in [3.8, 4) is 0 Å². The molecule has 3 rings (SSSR count). The van der Waals surface area contributed by atoms with Crippen molar-refractivity contribution >= 4 is 5.97 Å². The van der Waals surface area contributed by atoms with Crippen LogP contribution in [0, 0.1) is 5.92 Å². The van der Waals surface area contributed by atoms with Crippen LogP contribution in [0.1, 0.15) is 55.3 Å². The summed E-state index contributed by atoms with van der Waals surface area (Å²) in [7, 11) is 0. The van der Waals surface area contributed by atoms with Gasteiger partial charge in [-0.2, -0.15) is 0 Å². The van der Waals surface area contributed by atoms with E-state index < -0.39 is 5.97 Å². The second-order valence-electron chi connectivity index (χ2n) is 7.18. The van der Waals surface area contributed by atoms with Gasteiger partial charge in [-0.05, 0) is 48.1 Å². The van der Waals surface area contributed by atoms with Gasteiger partial charge in [0.15, 0.2) is 0 Å². The third-order valence-corrected chi connectivity index (χ3v) is 5.09. The predicted octanol–water partition coefficient (Wildman–Crippen LogP) is 4.09. The molecule has 2 atom stereocenters. The smallest absolute Gasteiger partial charge is 0.307 e. The molecular formula is C21H26N2O2. The first-order valence-electron chi connectivity index (χ1n) is 9.03. The lowest BCUT2D eigenvalue weighted by Gasteiger charge is -2.37. The number of hydrogen-bond acceptors (Lipinski definition) is 3. The first kappa shape index (κ1) is 17.6. The molecule has 0 spiro atoms. The standard InChI is InChI=1S/C21H26N2O2/c1-15(2)16-7-9-17(10-8-16)20(18-5-3-11-22-13-18)23-12-4-6-19(14-23)21(24)25/h3,5,7-11,13,15,19-20H,4,6,12,14H2,1-2H3,(H,24,25). The number of hydrogen-bond donors (Lipinski definition) is 1. The topological polar surface area (TPSA) is 53.4 Å². The first-order chi connectivity index (χ1) is 12.1. The number of piperidine rings is 1. The second kappa shape index (κ2) is 7.79. The average molecular weight is 338 g/mol. The number of nitrogens with zero attached hydrogens (tertiary/aromatic N) is 2. The van der Waals surface area contributed by atoms with E-state index in [0.717, 1.165) is 24.9 Å². The van der Waals surface area contributed by atoms with Crippen LogP contribution in [0.3, 0.4) is 0 Å². The normalized spacial score (nSPS) is 19.7. The van der Waals surface area contributed by atoms with Gasteiger partial charge in [0.25, 0.3) is 0 Å². The molecule has 1 aliphatic heterocycles. The Kier molecular flexibility index (Phi) is 5.49. The van der Waals surface area contributed by atoms with E-state index in [9.17, 15) is 9.90 Å². The molecule has 2 heterocycles. The lowest BCUT2D eigenvalue weighted by molar-refractivity contribution is -0.143. The Balaban J connectivity index is 1.94. The molecule has 2 aromatic rings. The van der Waals surface area contributed by atoms with E-state index in [4.69, 9.17) is 0 Å². The van der Waals surface area contributed by atoms with Gasteiger partial charge in [-0.1, -0.05) is 44.2 Å².